The summed E-state index contributed by atoms with van der Waals surface area (Å²) in [7, 11) is 0. The third-order valence-corrected chi connectivity index (χ3v) is 3.64. The van der Waals surface area contributed by atoms with Crippen molar-refractivity contribution in [2.45, 2.75) is 25.9 Å². The number of rotatable bonds is 4. The van der Waals surface area contributed by atoms with Gasteiger partial charge in [0.1, 0.15) is 0 Å². The van der Waals surface area contributed by atoms with Crippen molar-refractivity contribution in [1.82, 2.24) is 0 Å². The van der Waals surface area contributed by atoms with Crippen LogP contribution in [0.4, 0.5) is 0 Å². The van der Waals surface area contributed by atoms with E-state index in [1.807, 2.05) is 0 Å². The number of aliphatic hydroxyl groups is 1. The Morgan fingerprint density at radius 3 is 2.73 bits per heavy atom. The van der Waals surface area contributed by atoms with Crippen molar-refractivity contribution >= 4 is 11.3 Å². The first-order valence-corrected chi connectivity index (χ1v) is 5.89. The van der Waals surface area contributed by atoms with Gasteiger partial charge in [-0.15, -0.1) is 11.3 Å². The number of aliphatic hydroxyl groups excluding tert-OH is 1. The molecule has 1 N–H and O–H groups in total. The standard InChI is InChI=1S/C12H14O2S/c1-2-10-3-4-11(15-10)7-12(13)9-5-6-14-8-9/h3-6,8,12-13H,2,7H2,1H3. The molecule has 0 amide bonds. The van der Waals surface area contributed by atoms with E-state index in [0.717, 1.165) is 12.0 Å². The number of hydrogen-bond acceptors (Lipinski definition) is 3. The van der Waals surface area contributed by atoms with Gasteiger partial charge in [-0.25, -0.2) is 0 Å². The van der Waals surface area contributed by atoms with E-state index in [1.165, 1.54) is 9.75 Å². The van der Waals surface area contributed by atoms with Crippen LogP contribution in [0.15, 0.2) is 35.1 Å². The van der Waals surface area contributed by atoms with Crippen molar-refractivity contribution < 1.29 is 9.52 Å². The zero-order valence-corrected chi connectivity index (χ0v) is 9.46. The van der Waals surface area contributed by atoms with E-state index in [4.69, 9.17) is 4.42 Å². The van der Waals surface area contributed by atoms with Gasteiger partial charge in [-0.05, 0) is 24.6 Å². The molecule has 0 bridgehead atoms. The van der Waals surface area contributed by atoms with Crippen LogP contribution in [0.3, 0.4) is 0 Å². The molecule has 3 heteroatoms. The van der Waals surface area contributed by atoms with Gasteiger partial charge in [-0.3, -0.25) is 0 Å². The van der Waals surface area contributed by atoms with Gasteiger partial charge in [0.15, 0.2) is 0 Å². The second kappa shape index (κ2) is 4.64. The SMILES string of the molecule is CCc1ccc(CC(O)c2ccoc2)s1. The summed E-state index contributed by atoms with van der Waals surface area (Å²) in [6, 6.07) is 6.02. The summed E-state index contributed by atoms with van der Waals surface area (Å²) in [4.78, 5) is 2.59. The van der Waals surface area contributed by atoms with Crippen LogP contribution in [-0.2, 0) is 12.8 Å². The fourth-order valence-electron chi connectivity index (χ4n) is 1.50. The fourth-order valence-corrected chi connectivity index (χ4v) is 2.49. The van der Waals surface area contributed by atoms with Gasteiger partial charge in [0, 0.05) is 21.7 Å². The highest BCUT2D eigenvalue weighted by atomic mass is 32.1. The Labute approximate surface area is 93.2 Å². The summed E-state index contributed by atoms with van der Waals surface area (Å²) in [5, 5.41) is 9.89. The minimum atomic E-state index is -0.452. The number of thiophene rings is 1. The van der Waals surface area contributed by atoms with Gasteiger partial charge >= 0.3 is 0 Å². The highest BCUT2D eigenvalue weighted by molar-refractivity contribution is 7.11. The van der Waals surface area contributed by atoms with Gasteiger partial charge in [-0.2, -0.15) is 0 Å². The Balaban J connectivity index is 2.02. The maximum atomic E-state index is 9.89. The van der Waals surface area contributed by atoms with E-state index in [-0.39, 0.29) is 0 Å². The van der Waals surface area contributed by atoms with E-state index in [9.17, 15) is 5.11 Å². The summed E-state index contributed by atoms with van der Waals surface area (Å²) < 4.78 is 4.94. The monoisotopic (exact) mass is 222 g/mol. The Morgan fingerprint density at radius 1 is 1.33 bits per heavy atom. The van der Waals surface area contributed by atoms with E-state index in [2.05, 4.69) is 19.1 Å². The molecule has 0 aliphatic carbocycles. The lowest BCUT2D eigenvalue weighted by molar-refractivity contribution is 0.178. The Kier molecular flexibility index (Phi) is 3.23. The van der Waals surface area contributed by atoms with Gasteiger partial charge in [-0.1, -0.05) is 6.92 Å². The third kappa shape index (κ3) is 2.49. The molecular weight excluding hydrogens is 208 g/mol. The number of furan rings is 1. The molecule has 0 aliphatic rings. The topological polar surface area (TPSA) is 33.4 Å². The second-order valence-electron chi connectivity index (χ2n) is 3.50. The van der Waals surface area contributed by atoms with Crippen molar-refractivity contribution in [3.8, 4) is 0 Å². The van der Waals surface area contributed by atoms with Crippen LogP contribution in [-0.4, -0.2) is 5.11 Å². The molecule has 2 nitrogen and oxygen atoms in total. The van der Waals surface area contributed by atoms with Crippen molar-refractivity contribution in [3.05, 3.63) is 46.0 Å². The average molecular weight is 222 g/mol. The molecule has 0 saturated carbocycles. The van der Waals surface area contributed by atoms with Crippen molar-refractivity contribution in [2.24, 2.45) is 0 Å². The maximum absolute atomic E-state index is 9.89. The predicted molar refractivity (Wildman–Crippen MR) is 61.1 cm³/mol. The lowest BCUT2D eigenvalue weighted by Gasteiger charge is -2.05. The Bertz CT molecular complexity index is 403. The molecule has 2 aromatic heterocycles. The van der Waals surface area contributed by atoms with Crippen molar-refractivity contribution in [1.29, 1.82) is 0 Å². The van der Waals surface area contributed by atoms with Crippen LogP contribution in [0, 0.1) is 0 Å². The van der Waals surface area contributed by atoms with Gasteiger partial charge in [0.05, 0.1) is 18.6 Å². The minimum Gasteiger partial charge on any atom is -0.472 e. The zero-order chi connectivity index (χ0) is 10.7. The Hall–Kier alpha value is -1.06. The maximum Gasteiger partial charge on any atom is 0.0960 e. The van der Waals surface area contributed by atoms with E-state index < -0.39 is 6.10 Å². The van der Waals surface area contributed by atoms with E-state index in [0.29, 0.717) is 6.42 Å². The summed E-state index contributed by atoms with van der Waals surface area (Å²) in [5.74, 6) is 0. The molecule has 0 radical (unpaired) electrons. The lowest BCUT2D eigenvalue weighted by Crippen LogP contribution is -1.98. The second-order valence-corrected chi connectivity index (χ2v) is 4.75. The highest BCUT2D eigenvalue weighted by Gasteiger charge is 2.10. The van der Waals surface area contributed by atoms with Crippen LogP contribution in [0.2, 0.25) is 0 Å². The number of aryl methyl sites for hydroxylation is 1. The van der Waals surface area contributed by atoms with Crippen LogP contribution >= 0.6 is 11.3 Å². The molecule has 80 valence electrons. The molecule has 1 unspecified atom stereocenters. The number of hydrogen-bond donors (Lipinski definition) is 1. The van der Waals surface area contributed by atoms with Crippen LogP contribution in [0.25, 0.3) is 0 Å². The summed E-state index contributed by atoms with van der Waals surface area (Å²) >= 11 is 1.77. The molecule has 0 aromatic carbocycles. The molecule has 0 fully saturated rings. The predicted octanol–water partition coefficient (Wildman–Crippen LogP) is 3.18. The van der Waals surface area contributed by atoms with Crippen LogP contribution in [0.5, 0.6) is 0 Å². The fraction of sp³-hybridized carbons (Fsp3) is 0.333. The van der Waals surface area contributed by atoms with E-state index >= 15 is 0 Å². The average Bonchev–Trinajstić information content (AvgIpc) is 2.87. The summed E-state index contributed by atoms with van der Waals surface area (Å²) in [6.45, 7) is 2.14. The molecule has 0 spiro atoms. The first-order chi connectivity index (χ1) is 7.29. The first kappa shape index (κ1) is 10.5. The molecule has 2 heterocycles. The van der Waals surface area contributed by atoms with Gasteiger partial charge < -0.3 is 9.52 Å². The molecule has 0 aliphatic heterocycles. The normalized spacial score (nSPS) is 12.9. The molecule has 15 heavy (non-hydrogen) atoms. The summed E-state index contributed by atoms with van der Waals surface area (Å²) in [6.07, 6.45) is 4.47. The highest BCUT2D eigenvalue weighted by Crippen LogP contribution is 2.24. The molecule has 0 saturated heterocycles. The largest absolute Gasteiger partial charge is 0.472 e. The van der Waals surface area contributed by atoms with Crippen LogP contribution < -0.4 is 0 Å². The smallest absolute Gasteiger partial charge is 0.0960 e. The molecule has 1 atom stereocenters. The quantitative estimate of drug-likeness (QED) is 0.862. The van der Waals surface area contributed by atoms with Crippen molar-refractivity contribution in [3.63, 3.8) is 0 Å². The third-order valence-electron chi connectivity index (χ3n) is 2.39. The molecular formula is C12H14O2S. The molecule has 2 aromatic rings. The molecule has 2 rings (SSSR count). The van der Waals surface area contributed by atoms with Crippen molar-refractivity contribution in [2.75, 3.05) is 0 Å². The summed E-state index contributed by atoms with van der Waals surface area (Å²) in [5.41, 5.74) is 0.849. The van der Waals surface area contributed by atoms with Crippen LogP contribution in [0.1, 0.15) is 28.3 Å². The first-order valence-electron chi connectivity index (χ1n) is 5.07. The van der Waals surface area contributed by atoms with E-state index in [1.54, 1.807) is 29.9 Å². The minimum absolute atomic E-state index is 0.452. The lowest BCUT2D eigenvalue weighted by atomic mass is 10.1. The zero-order valence-electron chi connectivity index (χ0n) is 8.64. The van der Waals surface area contributed by atoms with Gasteiger partial charge in [0.25, 0.3) is 0 Å². The Morgan fingerprint density at radius 2 is 2.13 bits per heavy atom. The van der Waals surface area contributed by atoms with Gasteiger partial charge in [0.2, 0.25) is 0 Å².